The number of rotatable bonds is 3. The van der Waals surface area contributed by atoms with E-state index in [1.165, 1.54) is 4.91 Å². The van der Waals surface area contributed by atoms with Gasteiger partial charge in [-0.05, 0) is 24.3 Å². The molecule has 1 aliphatic heterocycles. The van der Waals surface area contributed by atoms with E-state index in [-0.39, 0.29) is 16.4 Å². The van der Waals surface area contributed by atoms with E-state index in [1.54, 1.807) is 17.8 Å². The molecule has 0 aromatic rings. The highest BCUT2D eigenvalue weighted by atomic mass is 32.2. The highest BCUT2D eigenvalue weighted by Gasteiger charge is 2.34. The highest BCUT2D eigenvalue weighted by molar-refractivity contribution is 8.13. The first kappa shape index (κ1) is 11.7. The smallest absolute Gasteiger partial charge is 0.229 e. The van der Waals surface area contributed by atoms with Crippen molar-refractivity contribution >= 4 is 30.3 Å². The molecule has 2 nitrogen and oxygen atoms in total. The zero-order chi connectivity index (χ0) is 10.7. The first-order valence-electron chi connectivity index (χ1n) is 4.48. The van der Waals surface area contributed by atoms with Gasteiger partial charge in [0.25, 0.3) is 0 Å². The number of hydrogen-bond acceptors (Lipinski definition) is 3. The van der Waals surface area contributed by atoms with E-state index in [4.69, 9.17) is 0 Å². The van der Waals surface area contributed by atoms with Crippen LogP contribution in [0.3, 0.4) is 0 Å². The molecule has 1 N–H and O–H groups in total. The highest BCUT2D eigenvalue weighted by Crippen LogP contribution is 2.43. The molecule has 1 aliphatic rings. The minimum absolute atomic E-state index is 0.0479. The van der Waals surface area contributed by atoms with Crippen molar-refractivity contribution in [1.82, 2.24) is 5.32 Å². The third-order valence-corrected chi connectivity index (χ3v) is 4.11. The minimum Gasteiger partial charge on any atom is -0.352 e. The summed E-state index contributed by atoms with van der Waals surface area (Å²) in [4.78, 5) is 12.9. The van der Waals surface area contributed by atoms with Crippen LogP contribution in [0.5, 0.6) is 0 Å². The number of amides is 1. The zero-order valence-corrected chi connectivity index (χ0v) is 10.1. The second-order valence-electron chi connectivity index (χ2n) is 3.26. The molecule has 0 bridgehead atoms. The van der Waals surface area contributed by atoms with Crippen molar-refractivity contribution in [3.8, 4) is 0 Å². The van der Waals surface area contributed by atoms with Crippen LogP contribution in [0, 0.1) is 5.92 Å². The Morgan fingerprint density at radius 1 is 1.71 bits per heavy atom. The summed E-state index contributed by atoms with van der Waals surface area (Å²) in [7, 11) is 0. The van der Waals surface area contributed by atoms with Crippen molar-refractivity contribution in [2.24, 2.45) is 5.92 Å². The van der Waals surface area contributed by atoms with Gasteiger partial charge >= 0.3 is 0 Å². The molecule has 0 saturated heterocycles. The summed E-state index contributed by atoms with van der Waals surface area (Å²) < 4.78 is 0.0554. The molecule has 1 amide bonds. The van der Waals surface area contributed by atoms with E-state index in [9.17, 15) is 4.79 Å². The average Bonchev–Trinajstić information content (AvgIpc) is 2.38. The summed E-state index contributed by atoms with van der Waals surface area (Å²) in [6, 6.07) is 0. The maximum Gasteiger partial charge on any atom is 0.229 e. The van der Waals surface area contributed by atoms with E-state index < -0.39 is 0 Å². The summed E-state index contributed by atoms with van der Waals surface area (Å²) in [5, 5.41) is 2.80. The number of thioether (sulfide) groups is 1. The van der Waals surface area contributed by atoms with Crippen molar-refractivity contribution in [3.05, 3.63) is 23.1 Å². The number of carbonyl (C=O) groups excluding carboxylic acids is 1. The summed E-state index contributed by atoms with van der Waals surface area (Å²) in [6.07, 6.45) is 1.68. The first-order valence-corrected chi connectivity index (χ1v) is 5.88. The van der Waals surface area contributed by atoms with E-state index in [2.05, 4.69) is 24.5 Å². The lowest BCUT2D eigenvalue weighted by Gasteiger charge is -2.15. The van der Waals surface area contributed by atoms with Crippen molar-refractivity contribution in [1.29, 1.82) is 0 Å². The largest absolute Gasteiger partial charge is 0.352 e. The van der Waals surface area contributed by atoms with Crippen LogP contribution in [-0.4, -0.2) is 17.0 Å². The first-order chi connectivity index (χ1) is 6.57. The van der Waals surface area contributed by atoms with Gasteiger partial charge in [0.2, 0.25) is 5.91 Å². The van der Waals surface area contributed by atoms with Crippen LogP contribution in [0.15, 0.2) is 23.1 Å². The normalized spacial score (nSPS) is 26.5. The number of thiol groups is 1. The van der Waals surface area contributed by atoms with Gasteiger partial charge in [-0.1, -0.05) is 6.08 Å². The molecule has 2 unspecified atom stereocenters. The number of allylic oxidation sites excluding steroid dienone is 1. The van der Waals surface area contributed by atoms with E-state index in [0.29, 0.717) is 6.54 Å². The van der Waals surface area contributed by atoms with Crippen LogP contribution in [0.4, 0.5) is 0 Å². The molecule has 0 aliphatic carbocycles. The minimum atomic E-state index is -0.0942. The van der Waals surface area contributed by atoms with Crippen LogP contribution >= 0.6 is 24.4 Å². The van der Waals surface area contributed by atoms with E-state index in [1.807, 2.05) is 13.8 Å². The second kappa shape index (κ2) is 4.94. The van der Waals surface area contributed by atoms with Gasteiger partial charge in [-0.15, -0.1) is 18.3 Å². The van der Waals surface area contributed by atoms with Crippen molar-refractivity contribution in [2.75, 3.05) is 6.54 Å². The van der Waals surface area contributed by atoms with Gasteiger partial charge in [0, 0.05) is 6.54 Å². The predicted octanol–water partition coefficient (Wildman–Crippen LogP) is 2.20. The summed E-state index contributed by atoms with van der Waals surface area (Å²) in [5.41, 5.74) is 1.14. The van der Waals surface area contributed by atoms with Gasteiger partial charge in [0.1, 0.15) is 0 Å². The van der Waals surface area contributed by atoms with Crippen LogP contribution in [-0.2, 0) is 4.79 Å². The monoisotopic (exact) mass is 229 g/mol. The van der Waals surface area contributed by atoms with Gasteiger partial charge in [0.05, 0.1) is 10.5 Å². The summed E-state index contributed by atoms with van der Waals surface area (Å²) in [5.74, 6) is -0.0463. The topological polar surface area (TPSA) is 29.1 Å². The molecule has 0 radical (unpaired) electrons. The molecule has 1 heterocycles. The van der Waals surface area contributed by atoms with Gasteiger partial charge in [-0.3, -0.25) is 4.79 Å². The maximum atomic E-state index is 11.7. The second-order valence-corrected chi connectivity index (χ2v) is 5.52. The quantitative estimate of drug-likeness (QED) is 0.574. The molecular weight excluding hydrogens is 214 g/mol. The molecule has 0 aromatic carbocycles. The molecule has 0 spiro atoms. The Labute approximate surface area is 94.6 Å². The molecule has 0 aromatic heterocycles. The van der Waals surface area contributed by atoms with E-state index in [0.717, 1.165) is 5.57 Å². The summed E-state index contributed by atoms with van der Waals surface area (Å²) >= 11 is 6.06. The average molecular weight is 229 g/mol. The van der Waals surface area contributed by atoms with Crippen molar-refractivity contribution in [2.45, 2.75) is 18.4 Å². The fraction of sp³-hybridized carbons (Fsp3) is 0.500. The van der Waals surface area contributed by atoms with Crippen LogP contribution < -0.4 is 5.32 Å². The SMILES string of the molecule is C=CCNC(=O)C1C(C)=C(C)SC1S. The maximum absolute atomic E-state index is 11.7. The molecule has 14 heavy (non-hydrogen) atoms. The molecule has 1 rings (SSSR count). The predicted molar refractivity (Wildman–Crippen MR) is 65.4 cm³/mol. The van der Waals surface area contributed by atoms with Crippen LogP contribution in [0.25, 0.3) is 0 Å². The van der Waals surface area contributed by atoms with Crippen LogP contribution in [0.2, 0.25) is 0 Å². The lowest BCUT2D eigenvalue weighted by molar-refractivity contribution is -0.123. The van der Waals surface area contributed by atoms with Gasteiger partial charge in [-0.25, -0.2) is 0 Å². The Balaban J connectivity index is 2.67. The fourth-order valence-electron chi connectivity index (χ4n) is 1.38. The Morgan fingerprint density at radius 2 is 2.36 bits per heavy atom. The molecule has 4 heteroatoms. The molecule has 0 saturated carbocycles. The van der Waals surface area contributed by atoms with Crippen molar-refractivity contribution < 1.29 is 4.79 Å². The number of nitrogens with one attached hydrogen (secondary N) is 1. The Morgan fingerprint density at radius 3 is 2.79 bits per heavy atom. The number of hydrogen-bond donors (Lipinski definition) is 2. The molecule has 0 fully saturated rings. The Hall–Kier alpha value is -0.350. The van der Waals surface area contributed by atoms with Gasteiger partial charge < -0.3 is 5.32 Å². The van der Waals surface area contributed by atoms with Gasteiger partial charge in [0.15, 0.2) is 0 Å². The fourth-order valence-corrected chi connectivity index (χ4v) is 3.36. The lowest BCUT2D eigenvalue weighted by Crippen LogP contribution is -2.33. The molecule has 2 atom stereocenters. The third-order valence-electron chi connectivity index (χ3n) is 2.31. The van der Waals surface area contributed by atoms with Crippen molar-refractivity contribution in [3.63, 3.8) is 0 Å². The number of carbonyl (C=O) groups is 1. The molecular formula is C10H15NOS2. The molecule has 78 valence electrons. The summed E-state index contributed by atoms with van der Waals surface area (Å²) in [6.45, 7) is 8.11. The van der Waals surface area contributed by atoms with Gasteiger partial charge in [-0.2, -0.15) is 12.6 Å². The standard InChI is InChI=1S/C10H15NOS2/c1-4-5-11-9(12)8-6(2)7(3)14-10(8)13/h4,8,10,13H,1,5H2,2-3H3,(H,11,12). The Kier molecular flexibility index (Phi) is 4.13. The van der Waals surface area contributed by atoms with Crippen LogP contribution in [0.1, 0.15) is 13.8 Å². The lowest BCUT2D eigenvalue weighted by atomic mass is 10.0. The zero-order valence-electron chi connectivity index (χ0n) is 8.41. The Bertz CT molecular complexity index is 286. The third kappa shape index (κ3) is 2.36. The van der Waals surface area contributed by atoms with E-state index >= 15 is 0 Å².